The molecule has 1 aromatic carbocycles. The molecule has 6 heteroatoms. The van der Waals surface area contributed by atoms with Gasteiger partial charge in [0.05, 0.1) is 11.4 Å². The second-order valence-corrected chi connectivity index (χ2v) is 5.61. The standard InChI is InChI=1S/C11H11Br2FN2O/c12-4-6-1-10(17)16(5-6)9-3-7(13)2-8(14)11(9)15/h2-3,6H,1,4-5,15H2. The van der Waals surface area contributed by atoms with Crippen LogP contribution in [0.2, 0.25) is 0 Å². The molecule has 3 nitrogen and oxygen atoms in total. The Kier molecular flexibility index (Phi) is 3.73. The van der Waals surface area contributed by atoms with Gasteiger partial charge in [0, 0.05) is 22.8 Å². The van der Waals surface area contributed by atoms with E-state index in [0.29, 0.717) is 23.1 Å². The van der Waals surface area contributed by atoms with E-state index in [1.807, 2.05) is 0 Å². The van der Waals surface area contributed by atoms with Gasteiger partial charge in [-0.3, -0.25) is 4.79 Å². The average molecular weight is 366 g/mol. The van der Waals surface area contributed by atoms with Crippen LogP contribution in [0.5, 0.6) is 0 Å². The summed E-state index contributed by atoms with van der Waals surface area (Å²) in [7, 11) is 0. The second-order valence-electron chi connectivity index (χ2n) is 4.05. The first-order chi connectivity index (χ1) is 8.02. The van der Waals surface area contributed by atoms with Crippen LogP contribution >= 0.6 is 31.9 Å². The molecule has 2 rings (SSSR count). The maximum Gasteiger partial charge on any atom is 0.227 e. The van der Waals surface area contributed by atoms with Crippen molar-refractivity contribution >= 4 is 49.1 Å². The van der Waals surface area contributed by atoms with Gasteiger partial charge in [-0.15, -0.1) is 0 Å². The van der Waals surface area contributed by atoms with Crippen LogP contribution in [0, 0.1) is 11.7 Å². The van der Waals surface area contributed by atoms with Gasteiger partial charge in [0.25, 0.3) is 0 Å². The summed E-state index contributed by atoms with van der Waals surface area (Å²) in [6.45, 7) is 0.574. The third-order valence-electron chi connectivity index (χ3n) is 2.79. The number of carbonyl (C=O) groups excluding carboxylic acids is 1. The fourth-order valence-electron chi connectivity index (χ4n) is 1.91. The molecule has 0 bridgehead atoms. The highest BCUT2D eigenvalue weighted by molar-refractivity contribution is 9.10. The summed E-state index contributed by atoms with van der Waals surface area (Å²) in [5, 5.41) is 0.756. The molecule has 1 fully saturated rings. The summed E-state index contributed by atoms with van der Waals surface area (Å²) in [4.78, 5) is 13.4. The first-order valence-corrected chi connectivity index (χ1v) is 7.05. The number of rotatable bonds is 2. The highest BCUT2D eigenvalue weighted by Gasteiger charge is 2.31. The van der Waals surface area contributed by atoms with E-state index in [2.05, 4.69) is 31.9 Å². The molecule has 17 heavy (non-hydrogen) atoms. The van der Waals surface area contributed by atoms with Gasteiger partial charge in [-0.05, 0) is 18.1 Å². The minimum absolute atomic E-state index is 0.0151. The third-order valence-corrected chi connectivity index (χ3v) is 4.16. The minimum Gasteiger partial charge on any atom is -0.395 e. The number of hydrogen-bond donors (Lipinski definition) is 1. The van der Waals surface area contributed by atoms with Gasteiger partial charge in [-0.25, -0.2) is 4.39 Å². The van der Waals surface area contributed by atoms with Crippen LogP contribution in [-0.2, 0) is 4.79 Å². The molecular formula is C11H11Br2FN2O. The number of carbonyl (C=O) groups is 1. The Bertz CT molecular complexity index is 467. The molecule has 92 valence electrons. The molecule has 0 aliphatic carbocycles. The minimum atomic E-state index is -0.510. The zero-order chi connectivity index (χ0) is 12.6. The van der Waals surface area contributed by atoms with Crippen molar-refractivity contribution in [3.8, 4) is 0 Å². The van der Waals surface area contributed by atoms with Crippen LogP contribution < -0.4 is 10.6 Å². The molecule has 2 N–H and O–H groups in total. The molecular weight excluding hydrogens is 355 g/mol. The normalized spacial score (nSPS) is 20.1. The largest absolute Gasteiger partial charge is 0.395 e. The Morgan fingerprint density at radius 1 is 1.53 bits per heavy atom. The van der Waals surface area contributed by atoms with Crippen molar-refractivity contribution in [2.75, 3.05) is 22.5 Å². The van der Waals surface area contributed by atoms with Crippen molar-refractivity contribution in [3.63, 3.8) is 0 Å². The van der Waals surface area contributed by atoms with Crippen molar-refractivity contribution in [3.05, 3.63) is 22.4 Å². The molecule has 0 aromatic heterocycles. The molecule has 1 aliphatic rings. The fraction of sp³-hybridized carbons (Fsp3) is 0.364. The molecule has 1 unspecified atom stereocenters. The van der Waals surface area contributed by atoms with E-state index in [9.17, 15) is 9.18 Å². The summed E-state index contributed by atoms with van der Waals surface area (Å²) in [5.74, 6) is -0.271. The second kappa shape index (κ2) is 4.94. The summed E-state index contributed by atoms with van der Waals surface area (Å²) in [6, 6.07) is 2.97. The van der Waals surface area contributed by atoms with Crippen LogP contribution in [0.1, 0.15) is 6.42 Å². The number of nitrogens with zero attached hydrogens (tertiary/aromatic N) is 1. The topological polar surface area (TPSA) is 46.3 Å². The number of nitrogen functional groups attached to an aromatic ring is 1. The molecule has 1 aromatic rings. The zero-order valence-electron chi connectivity index (χ0n) is 8.92. The maximum absolute atomic E-state index is 13.5. The Morgan fingerprint density at radius 2 is 2.24 bits per heavy atom. The van der Waals surface area contributed by atoms with Crippen LogP contribution in [0.25, 0.3) is 0 Å². The van der Waals surface area contributed by atoms with E-state index >= 15 is 0 Å². The van der Waals surface area contributed by atoms with E-state index in [1.165, 1.54) is 6.07 Å². The van der Waals surface area contributed by atoms with Crippen LogP contribution in [0.15, 0.2) is 16.6 Å². The quantitative estimate of drug-likeness (QED) is 0.647. The van der Waals surface area contributed by atoms with E-state index in [-0.39, 0.29) is 17.5 Å². The lowest BCUT2D eigenvalue weighted by Gasteiger charge is -2.19. The molecule has 1 aliphatic heterocycles. The number of anilines is 2. The molecule has 0 spiro atoms. The van der Waals surface area contributed by atoms with Gasteiger partial charge in [0.2, 0.25) is 5.91 Å². The van der Waals surface area contributed by atoms with E-state index < -0.39 is 5.82 Å². The zero-order valence-corrected chi connectivity index (χ0v) is 12.1. The fourth-order valence-corrected chi connectivity index (χ4v) is 2.76. The number of amides is 1. The lowest BCUT2D eigenvalue weighted by atomic mass is 10.2. The predicted molar refractivity (Wildman–Crippen MR) is 72.8 cm³/mol. The SMILES string of the molecule is Nc1c(F)cc(Br)cc1N1CC(CBr)CC1=O. The number of benzene rings is 1. The highest BCUT2D eigenvalue weighted by atomic mass is 79.9. The first-order valence-electron chi connectivity index (χ1n) is 5.13. The van der Waals surface area contributed by atoms with Crippen molar-refractivity contribution in [2.24, 2.45) is 5.92 Å². The lowest BCUT2D eigenvalue weighted by molar-refractivity contribution is -0.117. The van der Waals surface area contributed by atoms with E-state index in [4.69, 9.17) is 5.73 Å². The van der Waals surface area contributed by atoms with Crippen molar-refractivity contribution in [1.29, 1.82) is 0 Å². The first kappa shape index (κ1) is 12.8. The third kappa shape index (κ3) is 2.47. The summed E-state index contributed by atoms with van der Waals surface area (Å²) < 4.78 is 14.1. The van der Waals surface area contributed by atoms with Gasteiger partial charge >= 0.3 is 0 Å². The van der Waals surface area contributed by atoms with Gasteiger partial charge in [0.15, 0.2) is 0 Å². The molecule has 1 saturated heterocycles. The summed E-state index contributed by atoms with van der Waals surface area (Å²) in [6.07, 6.45) is 0.471. The lowest BCUT2D eigenvalue weighted by Crippen LogP contribution is -2.26. The van der Waals surface area contributed by atoms with Crippen LogP contribution in [0.4, 0.5) is 15.8 Å². The molecule has 1 amide bonds. The number of alkyl halides is 1. The van der Waals surface area contributed by atoms with Gasteiger partial charge in [0.1, 0.15) is 5.82 Å². The van der Waals surface area contributed by atoms with Crippen LogP contribution in [0.3, 0.4) is 0 Å². The molecule has 1 atom stereocenters. The number of halogens is 3. The van der Waals surface area contributed by atoms with Gasteiger partial charge in [-0.1, -0.05) is 31.9 Å². The number of hydrogen-bond acceptors (Lipinski definition) is 2. The monoisotopic (exact) mass is 364 g/mol. The average Bonchev–Trinajstić information content (AvgIpc) is 2.65. The van der Waals surface area contributed by atoms with Gasteiger partial charge in [-0.2, -0.15) is 0 Å². The Labute approximate surface area is 115 Å². The highest BCUT2D eigenvalue weighted by Crippen LogP contribution is 2.34. The summed E-state index contributed by atoms with van der Waals surface area (Å²) in [5.41, 5.74) is 6.15. The van der Waals surface area contributed by atoms with Crippen LogP contribution in [-0.4, -0.2) is 17.8 Å². The van der Waals surface area contributed by atoms with Crippen molar-refractivity contribution in [1.82, 2.24) is 0 Å². The Hall–Kier alpha value is -0.620. The predicted octanol–water partition coefficient (Wildman–Crippen LogP) is 2.92. The van der Waals surface area contributed by atoms with E-state index in [1.54, 1.807) is 11.0 Å². The number of nitrogens with two attached hydrogens (primary N) is 1. The smallest absolute Gasteiger partial charge is 0.227 e. The summed E-state index contributed by atoms with van der Waals surface area (Å²) >= 11 is 6.56. The Morgan fingerprint density at radius 3 is 2.82 bits per heavy atom. The van der Waals surface area contributed by atoms with Gasteiger partial charge < -0.3 is 10.6 Å². The molecule has 0 saturated carbocycles. The Balaban J connectivity index is 2.38. The van der Waals surface area contributed by atoms with E-state index in [0.717, 1.165) is 5.33 Å². The molecule has 1 heterocycles. The van der Waals surface area contributed by atoms with Crippen molar-refractivity contribution in [2.45, 2.75) is 6.42 Å². The maximum atomic E-state index is 13.5. The van der Waals surface area contributed by atoms with Crippen molar-refractivity contribution < 1.29 is 9.18 Å². The molecule has 0 radical (unpaired) electrons.